The molecule has 0 atom stereocenters. The lowest BCUT2D eigenvalue weighted by molar-refractivity contribution is 0.660. The maximum Gasteiger partial charge on any atom is 0.0775 e. The second-order valence-corrected chi connectivity index (χ2v) is 27.7. The molecule has 1 nitrogen and oxygen atoms in total. The topological polar surface area (TPSA) is 3.24 Å². The largest absolute Gasteiger partial charge is 0.311 e. The average Bonchev–Trinajstić information content (AvgIpc) is 3.41. The fraction of sp³-hybridized carbons (Fsp3) is 0.176. The van der Waals surface area contributed by atoms with Crippen molar-refractivity contribution < 1.29 is 0 Å². The third kappa shape index (κ3) is 6.72. The molecule has 0 fully saturated rings. The van der Waals surface area contributed by atoms with E-state index in [0.29, 0.717) is 0 Å². The van der Waals surface area contributed by atoms with E-state index in [1.807, 2.05) is 0 Å². The zero-order chi connectivity index (χ0) is 37.8. The van der Waals surface area contributed by atoms with Gasteiger partial charge in [-0.1, -0.05) is 185 Å². The predicted molar refractivity (Wildman–Crippen MR) is 241 cm³/mol. The fourth-order valence-corrected chi connectivity index (χ4v) is 10.4. The highest BCUT2D eigenvalue weighted by Gasteiger charge is 2.35. The molecule has 54 heavy (non-hydrogen) atoms. The molecule has 7 aromatic rings. The number of anilines is 3. The Balaban J connectivity index is 1.13. The highest BCUT2D eigenvalue weighted by atomic mass is 28.3. The fourth-order valence-electron chi connectivity index (χ4n) is 8.07. The molecule has 1 aliphatic carbocycles. The number of rotatable bonds is 8. The zero-order valence-corrected chi connectivity index (χ0v) is 35.0. The number of benzene rings is 7. The first kappa shape index (κ1) is 35.8. The first-order valence-corrected chi connectivity index (χ1v) is 26.3. The molecule has 0 unspecified atom stereocenters. The average molecular weight is 734 g/mol. The van der Waals surface area contributed by atoms with E-state index in [2.05, 4.69) is 222 Å². The summed E-state index contributed by atoms with van der Waals surface area (Å²) in [6, 6.07) is 61.5. The molecule has 0 aromatic heterocycles. The predicted octanol–water partition coefficient (Wildman–Crippen LogP) is 13.6. The van der Waals surface area contributed by atoms with Gasteiger partial charge >= 0.3 is 0 Å². The van der Waals surface area contributed by atoms with Gasteiger partial charge in [-0.2, -0.15) is 0 Å². The molecular weight excluding hydrogens is 683 g/mol. The van der Waals surface area contributed by atoms with Gasteiger partial charge in [0, 0.05) is 22.5 Å². The van der Waals surface area contributed by atoms with E-state index in [-0.39, 0.29) is 5.41 Å². The molecule has 0 spiro atoms. The lowest BCUT2D eigenvalue weighted by atomic mass is 9.81. The SMILES string of the molecule is CC1(C)c2ccccc2-c2ccc(-c3ccc(N(c4ccc(-c5ccc([Si](C)(C)C)cc5)cc4)c4ccc(-c5ccc([Si](C)(C)C)cc5)cc4)cc3)cc21. The van der Waals surface area contributed by atoms with E-state index < -0.39 is 16.1 Å². The van der Waals surface area contributed by atoms with Crippen LogP contribution in [0.4, 0.5) is 17.1 Å². The summed E-state index contributed by atoms with van der Waals surface area (Å²) < 4.78 is 0. The van der Waals surface area contributed by atoms with Crippen LogP contribution in [-0.4, -0.2) is 16.1 Å². The second kappa shape index (κ2) is 13.6. The molecule has 268 valence electrons. The molecule has 0 N–H and O–H groups in total. The highest BCUT2D eigenvalue weighted by Crippen LogP contribution is 2.49. The molecule has 7 aromatic carbocycles. The monoisotopic (exact) mass is 733 g/mol. The van der Waals surface area contributed by atoms with E-state index in [4.69, 9.17) is 0 Å². The molecule has 3 heteroatoms. The van der Waals surface area contributed by atoms with E-state index in [1.165, 1.54) is 66.0 Å². The lowest BCUT2D eigenvalue weighted by Crippen LogP contribution is -2.37. The van der Waals surface area contributed by atoms with Crippen LogP contribution in [-0.2, 0) is 5.41 Å². The molecule has 0 saturated carbocycles. The summed E-state index contributed by atoms with van der Waals surface area (Å²) in [6.45, 7) is 19.1. The van der Waals surface area contributed by atoms with Crippen molar-refractivity contribution in [2.75, 3.05) is 4.90 Å². The summed E-state index contributed by atoms with van der Waals surface area (Å²) in [6.07, 6.45) is 0. The molecular formula is C51H51NSi2. The molecule has 1 aliphatic rings. The van der Waals surface area contributed by atoms with Crippen LogP contribution in [0.1, 0.15) is 25.0 Å². The second-order valence-electron chi connectivity index (χ2n) is 17.6. The van der Waals surface area contributed by atoms with Crippen molar-refractivity contribution in [3.8, 4) is 44.5 Å². The van der Waals surface area contributed by atoms with Crippen LogP contribution in [0.25, 0.3) is 44.5 Å². The van der Waals surface area contributed by atoms with Crippen molar-refractivity contribution in [3.63, 3.8) is 0 Å². The smallest absolute Gasteiger partial charge is 0.0775 e. The molecule has 0 amide bonds. The van der Waals surface area contributed by atoms with Gasteiger partial charge in [0.25, 0.3) is 0 Å². The van der Waals surface area contributed by atoms with Crippen LogP contribution in [0.2, 0.25) is 39.3 Å². The van der Waals surface area contributed by atoms with Crippen molar-refractivity contribution in [1.29, 1.82) is 0 Å². The van der Waals surface area contributed by atoms with Crippen molar-refractivity contribution in [2.24, 2.45) is 0 Å². The summed E-state index contributed by atoms with van der Waals surface area (Å²) in [5, 5.41) is 2.98. The Morgan fingerprint density at radius 3 is 1.09 bits per heavy atom. The van der Waals surface area contributed by atoms with Gasteiger partial charge in [-0.05, 0) is 98.1 Å². The molecule has 0 aliphatic heterocycles. The van der Waals surface area contributed by atoms with Gasteiger partial charge in [0.15, 0.2) is 0 Å². The minimum Gasteiger partial charge on any atom is -0.311 e. The number of nitrogens with zero attached hydrogens (tertiary/aromatic N) is 1. The maximum atomic E-state index is 2.41. The molecule has 0 saturated heterocycles. The van der Waals surface area contributed by atoms with Crippen molar-refractivity contribution in [3.05, 3.63) is 175 Å². The van der Waals surface area contributed by atoms with E-state index in [1.54, 1.807) is 0 Å². The third-order valence-corrected chi connectivity index (χ3v) is 15.6. The first-order valence-electron chi connectivity index (χ1n) is 19.3. The van der Waals surface area contributed by atoms with E-state index in [9.17, 15) is 0 Å². The van der Waals surface area contributed by atoms with Crippen LogP contribution in [0.15, 0.2) is 164 Å². The summed E-state index contributed by atoms with van der Waals surface area (Å²) in [5.41, 5.74) is 16.3. The van der Waals surface area contributed by atoms with Gasteiger partial charge in [0.1, 0.15) is 0 Å². The third-order valence-electron chi connectivity index (χ3n) is 11.5. The minimum atomic E-state index is -1.35. The van der Waals surface area contributed by atoms with Gasteiger partial charge in [-0.15, -0.1) is 0 Å². The number of hydrogen-bond donors (Lipinski definition) is 0. The maximum absolute atomic E-state index is 2.41. The van der Waals surface area contributed by atoms with Gasteiger partial charge in [-0.25, -0.2) is 0 Å². The molecule has 0 bridgehead atoms. The number of fused-ring (bicyclic) bond motifs is 3. The van der Waals surface area contributed by atoms with Crippen LogP contribution in [0.5, 0.6) is 0 Å². The Morgan fingerprint density at radius 1 is 0.352 bits per heavy atom. The number of hydrogen-bond acceptors (Lipinski definition) is 1. The Labute approximate surface area is 325 Å². The van der Waals surface area contributed by atoms with Crippen molar-refractivity contribution >= 4 is 43.6 Å². The Bertz CT molecular complexity index is 2320. The molecule has 8 rings (SSSR count). The summed E-state index contributed by atoms with van der Waals surface area (Å²) in [4.78, 5) is 2.38. The normalized spacial score (nSPS) is 13.3. The lowest BCUT2D eigenvalue weighted by Gasteiger charge is -2.26. The first-order chi connectivity index (χ1) is 25.8. The van der Waals surface area contributed by atoms with E-state index in [0.717, 1.165) is 17.1 Å². The zero-order valence-electron chi connectivity index (χ0n) is 33.0. The van der Waals surface area contributed by atoms with Crippen molar-refractivity contribution in [2.45, 2.75) is 58.5 Å². The van der Waals surface area contributed by atoms with Gasteiger partial charge < -0.3 is 4.90 Å². The van der Waals surface area contributed by atoms with Crippen molar-refractivity contribution in [1.82, 2.24) is 0 Å². The van der Waals surface area contributed by atoms with Crippen LogP contribution in [0, 0.1) is 0 Å². The van der Waals surface area contributed by atoms with Gasteiger partial charge in [0.2, 0.25) is 0 Å². The summed E-state index contributed by atoms with van der Waals surface area (Å²) in [7, 11) is -2.70. The van der Waals surface area contributed by atoms with Crippen LogP contribution in [0.3, 0.4) is 0 Å². The minimum absolute atomic E-state index is 0.0241. The van der Waals surface area contributed by atoms with Crippen LogP contribution >= 0.6 is 0 Å². The van der Waals surface area contributed by atoms with Gasteiger partial charge in [-0.3, -0.25) is 0 Å². The summed E-state index contributed by atoms with van der Waals surface area (Å²) >= 11 is 0. The standard InChI is InChI=1S/C51H51NSi2/c1-51(2)49-12-10-9-11-47(49)48-34-23-41(35-50(48)51)40-17-28-44(29-18-40)52(42-24-13-36(14-25-42)38-19-30-45(31-20-38)53(3,4)5)43-26-15-37(16-27-43)39-21-32-46(33-22-39)54(6,7)8/h9-35H,1-8H3. The quantitative estimate of drug-likeness (QED) is 0.141. The highest BCUT2D eigenvalue weighted by molar-refractivity contribution is 6.89. The summed E-state index contributed by atoms with van der Waals surface area (Å²) in [5.74, 6) is 0. The van der Waals surface area contributed by atoms with Gasteiger partial charge in [0.05, 0.1) is 16.1 Å². The Hall–Kier alpha value is -5.23. The Morgan fingerprint density at radius 2 is 0.685 bits per heavy atom. The van der Waals surface area contributed by atoms with E-state index >= 15 is 0 Å². The molecule has 0 radical (unpaired) electrons. The molecule has 0 heterocycles. The van der Waals surface area contributed by atoms with Crippen LogP contribution < -0.4 is 15.3 Å². The Kier molecular flexibility index (Phi) is 8.99.